The first-order chi connectivity index (χ1) is 9.72. The fraction of sp³-hybridized carbons (Fsp3) is 0.231. The van der Waals surface area contributed by atoms with Gasteiger partial charge in [-0.1, -0.05) is 17.3 Å². The molecule has 0 amide bonds. The van der Waals surface area contributed by atoms with Gasteiger partial charge in [-0.05, 0) is 29.0 Å². The number of aromatic nitrogens is 5. The maximum atomic E-state index is 4.45. The van der Waals surface area contributed by atoms with Crippen LogP contribution in [0.15, 0.2) is 35.2 Å². The zero-order valence-corrected chi connectivity index (χ0v) is 12.7. The third kappa shape index (κ3) is 2.08. The molecule has 102 valence electrons. The van der Waals surface area contributed by atoms with Gasteiger partial charge < -0.3 is 5.32 Å². The molecule has 6 nitrogen and oxygen atoms in total. The summed E-state index contributed by atoms with van der Waals surface area (Å²) in [5, 5.41) is 11.4. The Kier molecular flexibility index (Phi) is 3.45. The van der Waals surface area contributed by atoms with Gasteiger partial charge in [-0.25, -0.2) is 4.68 Å². The Morgan fingerprint density at radius 2 is 2.05 bits per heavy atom. The molecule has 1 aromatic carbocycles. The van der Waals surface area contributed by atoms with E-state index in [4.69, 9.17) is 0 Å². The smallest absolute Gasteiger partial charge is 0.153 e. The molecule has 1 N–H and O–H groups in total. The molecule has 20 heavy (non-hydrogen) atoms. The van der Waals surface area contributed by atoms with Crippen LogP contribution in [0.3, 0.4) is 0 Å². The van der Waals surface area contributed by atoms with E-state index in [1.165, 1.54) is 0 Å². The van der Waals surface area contributed by atoms with Gasteiger partial charge in [-0.2, -0.15) is 0 Å². The van der Waals surface area contributed by atoms with Crippen LogP contribution < -0.4 is 5.32 Å². The summed E-state index contributed by atoms with van der Waals surface area (Å²) in [6, 6.07) is 5.91. The zero-order chi connectivity index (χ0) is 14.1. The lowest BCUT2D eigenvalue weighted by Crippen LogP contribution is -2.21. The number of aryl methyl sites for hydroxylation is 1. The molecule has 0 bridgehead atoms. The summed E-state index contributed by atoms with van der Waals surface area (Å²) in [4.78, 5) is 8.80. The minimum absolute atomic E-state index is 0.0650. The number of rotatable bonds is 3. The molecule has 3 aromatic rings. The topological polar surface area (TPSA) is 68.5 Å². The quantitative estimate of drug-likeness (QED) is 0.792. The van der Waals surface area contributed by atoms with Crippen LogP contribution in [0.2, 0.25) is 0 Å². The summed E-state index contributed by atoms with van der Waals surface area (Å²) in [7, 11) is 3.77. The molecule has 0 aliphatic carbocycles. The average Bonchev–Trinajstić information content (AvgIpc) is 2.81. The van der Waals surface area contributed by atoms with Crippen molar-refractivity contribution in [2.45, 2.75) is 6.04 Å². The summed E-state index contributed by atoms with van der Waals surface area (Å²) in [5.41, 5.74) is 3.74. The molecular weight excluding hydrogens is 320 g/mol. The maximum Gasteiger partial charge on any atom is 0.153 e. The highest BCUT2D eigenvalue weighted by Gasteiger charge is 2.22. The first-order valence-electron chi connectivity index (χ1n) is 6.14. The van der Waals surface area contributed by atoms with Gasteiger partial charge in [-0.15, -0.1) is 5.10 Å². The Labute approximate surface area is 124 Å². The van der Waals surface area contributed by atoms with E-state index in [9.17, 15) is 0 Å². The molecule has 2 heterocycles. The van der Waals surface area contributed by atoms with Crippen molar-refractivity contribution in [1.82, 2.24) is 30.3 Å². The summed E-state index contributed by atoms with van der Waals surface area (Å²) in [6.07, 6.45) is 3.40. The molecular formula is C13H13BrN6. The van der Waals surface area contributed by atoms with Crippen molar-refractivity contribution >= 4 is 27.0 Å². The largest absolute Gasteiger partial charge is 0.308 e. The molecule has 0 aliphatic heterocycles. The van der Waals surface area contributed by atoms with Crippen LogP contribution in [-0.2, 0) is 7.05 Å². The molecule has 0 fully saturated rings. The van der Waals surface area contributed by atoms with Crippen LogP contribution in [0.4, 0.5) is 0 Å². The number of benzene rings is 1. The normalized spacial score (nSPS) is 12.8. The number of halogens is 1. The van der Waals surface area contributed by atoms with Gasteiger partial charge in [0, 0.05) is 25.0 Å². The Morgan fingerprint density at radius 1 is 1.25 bits per heavy atom. The fourth-order valence-electron chi connectivity index (χ4n) is 2.33. The van der Waals surface area contributed by atoms with Crippen LogP contribution in [0.1, 0.15) is 17.3 Å². The predicted octanol–water partition coefficient (Wildman–Crippen LogP) is 1.83. The van der Waals surface area contributed by atoms with Crippen LogP contribution in [-0.4, -0.2) is 32.0 Å². The second-order valence-electron chi connectivity index (χ2n) is 4.38. The van der Waals surface area contributed by atoms with E-state index in [1.54, 1.807) is 17.1 Å². The lowest BCUT2D eigenvalue weighted by molar-refractivity contribution is 0.599. The second-order valence-corrected chi connectivity index (χ2v) is 5.13. The molecule has 1 unspecified atom stereocenters. The van der Waals surface area contributed by atoms with E-state index in [1.807, 2.05) is 32.3 Å². The number of nitrogens with one attached hydrogen (secondary N) is 1. The van der Waals surface area contributed by atoms with Crippen LogP contribution in [0, 0.1) is 0 Å². The third-order valence-corrected chi connectivity index (χ3v) is 3.79. The monoisotopic (exact) mass is 332 g/mol. The van der Waals surface area contributed by atoms with Gasteiger partial charge in [0.25, 0.3) is 0 Å². The van der Waals surface area contributed by atoms with Gasteiger partial charge >= 0.3 is 0 Å². The molecule has 1 atom stereocenters. The summed E-state index contributed by atoms with van der Waals surface area (Å²) < 4.78 is 2.47. The second kappa shape index (κ2) is 5.26. The Hall–Kier alpha value is -1.86. The molecule has 7 heteroatoms. The van der Waals surface area contributed by atoms with Crippen molar-refractivity contribution in [3.05, 3.63) is 46.5 Å². The van der Waals surface area contributed by atoms with Crippen molar-refractivity contribution in [3.8, 4) is 0 Å². The number of nitrogens with zero attached hydrogens (tertiary/aromatic N) is 5. The number of hydrogen-bond donors (Lipinski definition) is 1. The van der Waals surface area contributed by atoms with Crippen molar-refractivity contribution in [2.24, 2.45) is 7.05 Å². The summed E-state index contributed by atoms with van der Waals surface area (Å²) >= 11 is 3.45. The first-order valence-corrected chi connectivity index (χ1v) is 6.93. The molecule has 0 saturated carbocycles. The molecule has 0 radical (unpaired) electrons. The maximum absolute atomic E-state index is 4.45. The van der Waals surface area contributed by atoms with Crippen LogP contribution in [0.25, 0.3) is 11.0 Å². The number of fused-ring (bicyclic) bond motifs is 1. The van der Waals surface area contributed by atoms with E-state index < -0.39 is 0 Å². The highest BCUT2D eigenvalue weighted by atomic mass is 79.9. The Morgan fingerprint density at radius 3 is 2.75 bits per heavy atom. The van der Waals surface area contributed by atoms with Crippen molar-refractivity contribution in [1.29, 1.82) is 0 Å². The SMILES string of the molecule is CNC(c1cccc2nccnc12)c1c(Br)nnn1C. The van der Waals surface area contributed by atoms with E-state index in [0.29, 0.717) is 0 Å². The lowest BCUT2D eigenvalue weighted by atomic mass is 10.0. The minimum atomic E-state index is -0.0650. The lowest BCUT2D eigenvalue weighted by Gasteiger charge is -2.18. The summed E-state index contributed by atoms with van der Waals surface area (Å²) in [6.45, 7) is 0. The molecule has 3 rings (SSSR count). The van der Waals surface area contributed by atoms with Gasteiger partial charge in [0.1, 0.15) is 0 Å². The highest BCUT2D eigenvalue weighted by Crippen LogP contribution is 2.29. The number of para-hydroxylation sites is 1. The van der Waals surface area contributed by atoms with Crippen LogP contribution in [0.5, 0.6) is 0 Å². The number of hydrogen-bond acceptors (Lipinski definition) is 5. The third-order valence-electron chi connectivity index (χ3n) is 3.23. The average molecular weight is 333 g/mol. The fourth-order valence-corrected chi connectivity index (χ4v) is 2.89. The molecule has 2 aromatic heterocycles. The zero-order valence-electron chi connectivity index (χ0n) is 11.1. The molecule has 0 spiro atoms. The highest BCUT2D eigenvalue weighted by molar-refractivity contribution is 9.10. The van der Waals surface area contributed by atoms with Gasteiger partial charge in [0.05, 0.1) is 22.8 Å². The molecule has 0 saturated heterocycles. The van der Waals surface area contributed by atoms with Gasteiger partial charge in [0.2, 0.25) is 0 Å². The standard InChI is InChI=1S/C13H13BrN6/c1-15-11(12-13(14)18-19-20(12)2)8-4-3-5-9-10(8)17-7-6-16-9/h3-7,11,15H,1-2H3. The van der Waals surface area contributed by atoms with E-state index in [0.717, 1.165) is 26.9 Å². The van der Waals surface area contributed by atoms with Crippen molar-refractivity contribution in [2.75, 3.05) is 7.05 Å². The molecule has 0 aliphatic rings. The Balaban J connectivity index is 2.22. The minimum Gasteiger partial charge on any atom is -0.308 e. The van der Waals surface area contributed by atoms with E-state index in [2.05, 4.69) is 41.5 Å². The summed E-state index contributed by atoms with van der Waals surface area (Å²) in [5.74, 6) is 0. The first kappa shape index (κ1) is 13.1. The van der Waals surface area contributed by atoms with Crippen molar-refractivity contribution in [3.63, 3.8) is 0 Å². The Bertz CT molecular complexity index is 729. The van der Waals surface area contributed by atoms with Crippen LogP contribution >= 0.6 is 15.9 Å². The van der Waals surface area contributed by atoms with E-state index >= 15 is 0 Å². The van der Waals surface area contributed by atoms with Crippen molar-refractivity contribution < 1.29 is 0 Å². The van der Waals surface area contributed by atoms with E-state index in [-0.39, 0.29) is 6.04 Å². The van der Waals surface area contributed by atoms with Gasteiger partial charge in [-0.3, -0.25) is 9.97 Å². The van der Waals surface area contributed by atoms with Gasteiger partial charge in [0.15, 0.2) is 4.60 Å². The predicted molar refractivity (Wildman–Crippen MR) is 79.1 cm³/mol.